The highest BCUT2D eigenvalue weighted by Crippen LogP contribution is 2.28. The van der Waals surface area contributed by atoms with Gasteiger partial charge in [-0.2, -0.15) is 0 Å². The summed E-state index contributed by atoms with van der Waals surface area (Å²) in [7, 11) is 4.58. The first kappa shape index (κ1) is 20.7. The van der Waals surface area contributed by atoms with E-state index in [2.05, 4.69) is 11.8 Å². The van der Waals surface area contributed by atoms with Crippen LogP contribution in [-0.4, -0.2) is 32.9 Å². The van der Waals surface area contributed by atoms with Crippen molar-refractivity contribution in [2.45, 2.75) is 0 Å². The Morgan fingerprint density at radius 1 is 0.633 bits per heavy atom. The van der Waals surface area contributed by atoms with Crippen molar-refractivity contribution in [1.29, 1.82) is 0 Å². The average Bonchev–Trinajstić information content (AvgIpc) is 2.81. The lowest BCUT2D eigenvalue weighted by molar-refractivity contribution is 0.0816. The van der Waals surface area contributed by atoms with E-state index in [4.69, 9.17) is 14.2 Å². The number of carbonyl (C=O) groups excluding carboxylic acids is 2. The van der Waals surface area contributed by atoms with Crippen LogP contribution in [0.4, 0.5) is 0 Å². The maximum atomic E-state index is 12.7. The number of hydrogen-bond donors (Lipinski definition) is 0. The van der Waals surface area contributed by atoms with Gasteiger partial charge in [-0.05, 0) is 54.6 Å². The van der Waals surface area contributed by atoms with Gasteiger partial charge in [-0.15, -0.1) is 0 Å². The largest absolute Gasteiger partial charge is 0.497 e. The lowest BCUT2D eigenvalue weighted by Crippen LogP contribution is -2.14. The minimum Gasteiger partial charge on any atom is -0.497 e. The summed E-state index contributed by atoms with van der Waals surface area (Å²) >= 11 is 0. The van der Waals surface area contributed by atoms with E-state index in [1.807, 2.05) is 24.3 Å². The molecule has 0 aromatic heterocycles. The van der Waals surface area contributed by atoms with Crippen LogP contribution in [0.3, 0.4) is 0 Å². The molecule has 150 valence electrons. The van der Waals surface area contributed by atoms with E-state index < -0.39 is 11.6 Å². The molecule has 0 aliphatic heterocycles. The summed E-state index contributed by atoms with van der Waals surface area (Å²) in [5, 5.41) is 0. The molecule has 0 saturated carbocycles. The number of hydrogen-bond acceptors (Lipinski definition) is 5. The van der Waals surface area contributed by atoms with Gasteiger partial charge >= 0.3 is 0 Å². The lowest BCUT2D eigenvalue weighted by Gasteiger charge is -2.08. The predicted molar refractivity (Wildman–Crippen MR) is 114 cm³/mol. The molecular formula is C25H20O5. The number of ether oxygens (including phenoxy) is 3. The molecule has 0 heterocycles. The Bertz CT molecular complexity index is 1130. The van der Waals surface area contributed by atoms with Crippen LogP contribution in [0, 0.1) is 11.8 Å². The molecule has 3 rings (SSSR count). The minimum absolute atomic E-state index is 0.229. The zero-order chi connectivity index (χ0) is 21.5. The molecule has 0 N–H and O–H groups in total. The topological polar surface area (TPSA) is 61.8 Å². The van der Waals surface area contributed by atoms with E-state index in [1.165, 1.54) is 26.4 Å². The van der Waals surface area contributed by atoms with Crippen molar-refractivity contribution in [3.05, 3.63) is 89.0 Å². The first-order chi connectivity index (χ1) is 14.5. The number of carbonyl (C=O) groups is 2. The summed E-state index contributed by atoms with van der Waals surface area (Å²) in [6, 6.07) is 18.7. The highest BCUT2D eigenvalue weighted by molar-refractivity contribution is 6.49. The van der Waals surface area contributed by atoms with Crippen LogP contribution >= 0.6 is 0 Å². The first-order valence-electron chi connectivity index (χ1n) is 9.13. The molecule has 3 aromatic rings. The van der Waals surface area contributed by atoms with E-state index in [1.54, 1.807) is 37.4 Å². The summed E-state index contributed by atoms with van der Waals surface area (Å²) in [5.41, 5.74) is 1.95. The van der Waals surface area contributed by atoms with Gasteiger partial charge in [0.15, 0.2) is 11.5 Å². The van der Waals surface area contributed by atoms with Gasteiger partial charge in [0.05, 0.1) is 21.3 Å². The Labute approximate surface area is 175 Å². The maximum absolute atomic E-state index is 12.7. The Morgan fingerprint density at radius 2 is 1.27 bits per heavy atom. The SMILES string of the molecule is COc1ccc(C#Cc2cccc(C(=O)C(=O)c3ccc(OC)c(OC)c3)c2)cc1. The highest BCUT2D eigenvalue weighted by atomic mass is 16.5. The molecule has 30 heavy (non-hydrogen) atoms. The van der Waals surface area contributed by atoms with Crippen LogP contribution < -0.4 is 14.2 Å². The third-order valence-corrected chi connectivity index (χ3v) is 4.42. The van der Waals surface area contributed by atoms with Gasteiger partial charge in [0.25, 0.3) is 0 Å². The van der Waals surface area contributed by atoms with Crippen molar-refractivity contribution in [3.8, 4) is 29.1 Å². The molecule has 0 radical (unpaired) electrons. The number of Topliss-reactive ketones (excluding diaryl/α,β-unsaturated/α-hetero) is 2. The van der Waals surface area contributed by atoms with Crippen LogP contribution in [0.15, 0.2) is 66.7 Å². The van der Waals surface area contributed by atoms with Crippen molar-refractivity contribution < 1.29 is 23.8 Å². The Hall–Kier alpha value is -4.04. The third-order valence-electron chi connectivity index (χ3n) is 4.42. The zero-order valence-electron chi connectivity index (χ0n) is 16.9. The Morgan fingerprint density at radius 3 is 1.90 bits per heavy atom. The molecule has 0 unspecified atom stereocenters. The number of benzene rings is 3. The fraction of sp³-hybridized carbons (Fsp3) is 0.120. The first-order valence-corrected chi connectivity index (χ1v) is 9.13. The number of methoxy groups -OCH3 is 3. The van der Waals surface area contributed by atoms with E-state index in [0.717, 1.165) is 11.3 Å². The monoisotopic (exact) mass is 400 g/mol. The van der Waals surface area contributed by atoms with Gasteiger partial charge in [-0.25, -0.2) is 0 Å². The molecular weight excluding hydrogens is 380 g/mol. The summed E-state index contributed by atoms with van der Waals surface area (Å²) < 4.78 is 15.5. The second-order valence-electron chi connectivity index (χ2n) is 6.29. The van der Waals surface area contributed by atoms with E-state index >= 15 is 0 Å². The molecule has 5 heteroatoms. The second-order valence-corrected chi connectivity index (χ2v) is 6.29. The van der Waals surface area contributed by atoms with Gasteiger partial charge in [0.2, 0.25) is 11.6 Å². The van der Waals surface area contributed by atoms with Gasteiger partial charge in [0, 0.05) is 22.3 Å². The van der Waals surface area contributed by atoms with Crippen LogP contribution in [0.25, 0.3) is 0 Å². The molecule has 0 aliphatic carbocycles. The highest BCUT2D eigenvalue weighted by Gasteiger charge is 2.20. The fourth-order valence-corrected chi connectivity index (χ4v) is 2.80. The van der Waals surface area contributed by atoms with Crippen molar-refractivity contribution in [2.24, 2.45) is 0 Å². The molecule has 5 nitrogen and oxygen atoms in total. The number of rotatable bonds is 6. The predicted octanol–water partition coefficient (Wildman–Crippen LogP) is 4.18. The molecule has 0 fully saturated rings. The molecule has 0 atom stereocenters. The maximum Gasteiger partial charge on any atom is 0.233 e. The van der Waals surface area contributed by atoms with Crippen LogP contribution in [0.2, 0.25) is 0 Å². The summed E-state index contributed by atoms with van der Waals surface area (Å²) in [6.45, 7) is 0. The molecule has 0 spiro atoms. The van der Waals surface area contributed by atoms with Gasteiger partial charge in [-0.3, -0.25) is 9.59 Å². The van der Waals surface area contributed by atoms with Crippen LogP contribution in [0.1, 0.15) is 31.8 Å². The van der Waals surface area contributed by atoms with Gasteiger partial charge < -0.3 is 14.2 Å². The second kappa shape index (κ2) is 9.44. The molecule has 0 amide bonds. The van der Waals surface area contributed by atoms with Crippen molar-refractivity contribution >= 4 is 11.6 Å². The average molecular weight is 400 g/mol. The summed E-state index contributed by atoms with van der Waals surface area (Å²) in [6.07, 6.45) is 0. The summed E-state index contributed by atoms with van der Waals surface area (Å²) in [4.78, 5) is 25.4. The van der Waals surface area contributed by atoms with E-state index in [0.29, 0.717) is 17.1 Å². The van der Waals surface area contributed by atoms with Gasteiger partial charge in [-0.1, -0.05) is 24.0 Å². The quantitative estimate of drug-likeness (QED) is 0.353. The van der Waals surface area contributed by atoms with E-state index in [9.17, 15) is 9.59 Å². The van der Waals surface area contributed by atoms with Crippen molar-refractivity contribution in [3.63, 3.8) is 0 Å². The normalized spacial score (nSPS) is 9.83. The van der Waals surface area contributed by atoms with Crippen molar-refractivity contribution in [2.75, 3.05) is 21.3 Å². The standard InChI is InChI=1S/C25H20O5/c1-28-21-12-9-17(10-13-21)7-8-18-5-4-6-19(15-18)24(26)25(27)20-11-14-22(29-2)23(16-20)30-3/h4-6,9-16H,1-3H3. The third kappa shape index (κ3) is 4.68. The molecule has 0 aliphatic rings. The fourth-order valence-electron chi connectivity index (χ4n) is 2.80. The smallest absolute Gasteiger partial charge is 0.233 e. The lowest BCUT2D eigenvalue weighted by atomic mass is 9.99. The van der Waals surface area contributed by atoms with E-state index in [-0.39, 0.29) is 11.1 Å². The Kier molecular flexibility index (Phi) is 6.51. The van der Waals surface area contributed by atoms with Crippen LogP contribution in [0.5, 0.6) is 17.2 Å². The molecule has 3 aromatic carbocycles. The number of ketones is 2. The minimum atomic E-state index is -0.629. The zero-order valence-corrected chi connectivity index (χ0v) is 16.9. The molecule has 0 saturated heterocycles. The Balaban J connectivity index is 1.82. The van der Waals surface area contributed by atoms with Gasteiger partial charge in [0.1, 0.15) is 5.75 Å². The molecule has 0 bridgehead atoms. The summed E-state index contributed by atoms with van der Waals surface area (Å²) in [5.74, 6) is 6.43. The van der Waals surface area contributed by atoms with Crippen LogP contribution in [-0.2, 0) is 0 Å². The van der Waals surface area contributed by atoms with Crippen molar-refractivity contribution in [1.82, 2.24) is 0 Å².